The van der Waals surface area contributed by atoms with Crippen molar-refractivity contribution in [1.29, 1.82) is 0 Å². The maximum absolute atomic E-state index is 9.22. The van der Waals surface area contributed by atoms with Crippen LogP contribution in [0.25, 0.3) is 0 Å². The Labute approximate surface area is 83.8 Å². The van der Waals surface area contributed by atoms with Crippen LogP contribution in [-0.2, 0) is 14.6 Å². The van der Waals surface area contributed by atoms with Crippen LogP contribution in [0, 0.1) is 0 Å². The molecule has 1 aliphatic heterocycles. The van der Waals surface area contributed by atoms with E-state index >= 15 is 0 Å². The van der Waals surface area contributed by atoms with E-state index in [0.29, 0.717) is 0 Å². The highest BCUT2D eigenvalue weighted by molar-refractivity contribution is 7.80. The molecule has 1 unspecified atom stereocenters. The molecule has 0 radical (unpaired) electrons. The zero-order valence-corrected chi connectivity index (χ0v) is 9.00. The molecule has 0 bridgehead atoms. The van der Waals surface area contributed by atoms with E-state index < -0.39 is 10.4 Å². The van der Waals surface area contributed by atoms with Crippen molar-refractivity contribution in [3.05, 3.63) is 12.3 Å². The van der Waals surface area contributed by atoms with Crippen molar-refractivity contribution in [2.24, 2.45) is 4.99 Å². The minimum Gasteiger partial charge on any atom is -0.726 e. The molecule has 0 saturated carbocycles. The molecule has 14 heavy (non-hydrogen) atoms. The van der Waals surface area contributed by atoms with Crippen molar-refractivity contribution < 1.29 is 22.1 Å². The first kappa shape index (κ1) is 13.2. The lowest BCUT2D eigenvalue weighted by Crippen LogP contribution is -3.07. The van der Waals surface area contributed by atoms with Crippen molar-refractivity contribution in [3.8, 4) is 0 Å². The molecule has 0 amide bonds. The van der Waals surface area contributed by atoms with Crippen molar-refractivity contribution >= 4 is 16.7 Å². The van der Waals surface area contributed by atoms with Gasteiger partial charge >= 0.3 is 0 Å². The molecule has 0 spiro atoms. The van der Waals surface area contributed by atoms with Gasteiger partial charge in [-0.05, 0) is 6.58 Å². The normalized spacial score (nSPS) is 20.1. The van der Waals surface area contributed by atoms with Crippen LogP contribution in [-0.4, -0.2) is 39.5 Å². The van der Waals surface area contributed by atoms with Crippen molar-refractivity contribution in [2.75, 3.05) is 20.2 Å². The molecule has 82 valence electrons. The van der Waals surface area contributed by atoms with Gasteiger partial charge in [0.2, 0.25) is 10.4 Å². The minimum absolute atomic E-state index is 0.808. The van der Waals surface area contributed by atoms with Crippen LogP contribution in [0.5, 0.6) is 0 Å². The lowest BCUT2D eigenvalue weighted by atomic mass is 10.5. The zero-order valence-electron chi connectivity index (χ0n) is 8.19. The van der Waals surface area contributed by atoms with Crippen LogP contribution in [0.15, 0.2) is 17.3 Å². The smallest absolute Gasteiger partial charge is 0.217 e. The van der Waals surface area contributed by atoms with Crippen molar-refractivity contribution in [2.45, 2.75) is 6.92 Å². The Bertz CT molecular complexity index is 310. The van der Waals surface area contributed by atoms with Gasteiger partial charge in [0.15, 0.2) is 6.34 Å². The number of allylic oxidation sites excluding steroid dienone is 1. The highest BCUT2D eigenvalue weighted by Crippen LogP contribution is 1.74. The predicted octanol–water partition coefficient (Wildman–Crippen LogP) is -1.46. The fourth-order valence-corrected chi connectivity index (χ4v) is 0.748. The molecule has 0 aromatic heterocycles. The van der Waals surface area contributed by atoms with Gasteiger partial charge in [0.05, 0.1) is 13.7 Å². The number of quaternary nitrogens is 1. The van der Waals surface area contributed by atoms with Gasteiger partial charge in [-0.3, -0.25) is 9.08 Å². The lowest BCUT2D eigenvalue weighted by Gasteiger charge is -2.03. The summed E-state index contributed by atoms with van der Waals surface area (Å²) in [7, 11) is -3.60. The number of hydrogen-bond acceptors (Lipinski definition) is 5. The van der Waals surface area contributed by atoms with Gasteiger partial charge in [0.1, 0.15) is 12.2 Å². The summed E-state index contributed by atoms with van der Waals surface area (Å²) < 4.78 is 31.0. The topological polar surface area (TPSA) is 83.2 Å². The Kier molecular flexibility index (Phi) is 5.55. The molecule has 0 saturated heterocycles. The van der Waals surface area contributed by atoms with Gasteiger partial charge in [-0.2, -0.15) is 0 Å². The highest BCUT2D eigenvalue weighted by atomic mass is 32.3. The van der Waals surface area contributed by atoms with Gasteiger partial charge in [-0.25, -0.2) is 13.4 Å². The highest BCUT2D eigenvalue weighted by Gasteiger charge is 2.09. The lowest BCUT2D eigenvalue weighted by molar-refractivity contribution is -0.746. The quantitative estimate of drug-likeness (QED) is 0.457. The molecular formula is C7H14N2O4S. The van der Waals surface area contributed by atoms with Gasteiger partial charge in [0.25, 0.3) is 0 Å². The number of rotatable bonds is 2. The first-order chi connectivity index (χ1) is 6.37. The largest absolute Gasteiger partial charge is 0.726 e. The van der Waals surface area contributed by atoms with Crippen molar-refractivity contribution in [1.82, 2.24) is 0 Å². The maximum atomic E-state index is 9.22. The summed E-state index contributed by atoms with van der Waals surface area (Å²) in [6.45, 7) is 7.88. The molecule has 0 aromatic carbocycles. The summed E-state index contributed by atoms with van der Waals surface area (Å²) in [5.41, 5.74) is 1.16. The number of aliphatic imine (C=N–C) groups is 1. The minimum atomic E-state index is -4.41. The Balaban J connectivity index is 0.000000255. The second kappa shape index (κ2) is 5.86. The summed E-state index contributed by atoms with van der Waals surface area (Å²) in [5, 5.41) is 0. The van der Waals surface area contributed by atoms with Gasteiger partial charge in [-0.15, -0.1) is 0 Å². The number of nitrogens with one attached hydrogen (secondary N) is 1. The average Bonchev–Trinajstić information content (AvgIpc) is 2.56. The van der Waals surface area contributed by atoms with Crippen LogP contribution < -0.4 is 4.90 Å². The Morgan fingerprint density at radius 3 is 2.36 bits per heavy atom. The monoisotopic (exact) mass is 222 g/mol. The first-order valence-corrected chi connectivity index (χ1v) is 5.23. The second-order valence-corrected chi connectivity index (χ2v) is 3.82. The number of hydrogen-bond donors (Lipinski definition) is 1. The number of nitrogens with zero attached hydrogens (tertiary/aromatic N) is 1. The van der Waals surface area contributed by atoms with E-state index in [4.69, 9.17) is 0 Å². The molecule has 6 nitrogen and oxygen atoms in total. The van der Waals surface area contributed by atoms with E-state index in [1.54, 1.807) is 0 Å². The molecule has 1 aliphatic rings. The fourth-order valence-electron chi connectivity index (χ4n) is 0.748. The molecule has 1 N–H and O–H groups in total. The summed E-state index contributed by atoms with van der Waals surface area (Å²) in [5.74, 6) is 0. The Morgan fingerprint density at radius 1 is 1.71 bits per heavy atom. The summed E-state index contributed by atoms with van der Waals surface area (Å²) in [6.07, 6.45) is 1.92. The Hall–Kier alpha value is -0.760. The summed E-state index contributed by atoms with van der Waals surface area (Å²) >= 11 is 0. The first-order valence-electron chi connectivity index (χ1n) is 3.90. The molecule has 0 fully saturated rings. The third-order valence-corrected chi connectivity index (χ3v) is 1.92. The maximum Gasteiger partial charge on any atom is 0.217 e. The molecule has 1 atom stereocenters. The van der Waals surface area contributed by atoms with Gasteiger partial charge in [0, 0.05) is 6.92 Å². The van der Waals surface area contributed by atoms with E-state index in [2.05, 4.69) is 15.8 Å². The van der Waals surface area contributed by atoms with Gasteiger partial charge < -0.3 is 4.55 Å². The Morgan fingerprint density at radius 2 is 2.21 bits per heavy atom. The average molecular weight is 222 g/mol. The molecule has 1 rings (SSSR count). The molecule has 0 aliphatic carbocycles. The van der Waals surface area contributed by atoms with Crippen LogP contribution in [0.3, 0.4) is 0 Å². The molecule has 7 heteroatoms. The van der Waals surface area contributed by atoms with E-state index in [9.17, 15) is 13.0 Å². The fraction of sp³-hybridized carbons (Fsp3) is 0.571. The molecule has 1 heterocycles. The van der Waals surface area contributed by atoms with Crippen LogP contribution in [0.1, 0.15) is 6.92 Å². The van der Waals surface area contributed by atoms with Crippen molar-refractivity contribution in [3.63, 3.8) is 0 Å². The van der Waals surface area contributed by atoms with Crippen LogP contribution in [0.2, 0.25) is 0 Å². The SMILES string of the molecule is C=C(C)[NH+]1C=NCC1.COS(=O)(=O)[O-]. The van der Waals surface area contributed by atoms with E-state index in [0.717, 1.165) is 25.9 Å². The van der Waals surface area contributed by atoms with E-state index in [1.807, 2.05) is 13.3 Å². The summed E-state index contributed by atoms with van der Waals surface area (Å²) in [4.78, 5) is 5.37. The predicted molar refractivity (Wildman–Crippen MR) is 50.7 cm³/mol. The van der Waals surface area contributed by atoms with E-state index in [-0.39, 0.29) is 0 Å². The standard InChI is InChI=1S/C6H10N2.CH4O4S/c1-6(2)8-4-3-7-5-8;1-5-6(2,3)4/h5H,1,3-4H2,2H3;1H3,(H,2,3,4). The van der Waals surface area contributed by atoms with Gasteiger partial charge in [-0.1, -0.05) is 0 Å². The third kappa shape index (κ3) is 6.72. The molecular weight excluding hydrogens is 208 g/mol. The van der Waals surface area contributed by atoms with Crippen LogP contribution in [0.4, 0.5) is 0 Å². The van der Waals surface area contributed by atoms with Crippen LogP contribution >= 0.6 is 0 Å². The third-order valence-electron chi connectivity index (χ3n) is 1.51. The summed E-state index contributed by atoms with van der Waals surface area (Å²) in [6, 6.07) is 0. The van der Waals surface area contributed by atoms with E-state index in [1.165, 1.54) is 4.90 Å². The molecule has 0 aromatic rings. The second-order valence-electron chi connectivity index (χ2n) is 2.67. The zero-order chi connectivity index (χ0) is 11.2.